The molecule has 0 aliphatic carbocycles. The minimum absolute atomic E-state index is 0.0400. The second-order valence-electron chi connectivity index (χ2n) is 11.1. The molecule has 5 N–H and O–H groups in total. The van der Waals surface area contributed by atoms with E-state index in [4.69, 9.17) is 10.5 Å². The molecule has 0 spiro atoms. The van der Waals surface area contributed by atoms with Crippen LogP contribution in [-0.2, 0) is 26.0 Å². The lowest BCUT2D eigenvalue weighted by molar-refractivity contribution is -0.123. The van der Waals surface area contributed by atoms with Crippen LogP contribution in [0.2, 0.25) is 0 Å². The summed E-state index contributed by atoms with van der Waals surface area (Å²) in [5.74, 6) is -0.317. The quantitative estimate of drug-likeness (QED) is 0.138. The maximum Gasteiger partial charge on any atom is 0.407 e. The molecule has 10 nitrogen and oxygen atoms in total. The molecule has 2 atom stereocenters. The van der Waals surface area contributed by atoms with Crippen LogP contribution < -0.4 is 16.4 Å². The molecule has 0 fully saturated rings. The summed E-state index contributed by atoms with van der Waals surface area (Å²) >= 11 is 0. The van der Waals surface area contributed by atoms with Crippen molar-refractivity contribution >= 4 is 27.7 Å². The number of methoxy groups -OCH3 is 1. The maximum absolute atomic E-state index is 13.5. The average molecular weight is 625 g/mol. The van der Waals surface area contributed by atoms with E-state index in [9.17, 15) is 23.1 Å². The first-order valence-electron chi connectivity index (χ1n) is 14.8. The predicted octanol–water partition coefficient (Wildman–Crippen LogP) is 4.20. The van der Waals surface area contributed by atoms with Gasteiger partial charge in [0.1, 0.15) is 6.04 Å². The molecule has 0 heterocycles. The second-order valence-corrected chi connectivity index (χ2v) is 13.0. The molecule has 0 aliphatic heterocycles. The topological polar surface area (TPSA) is 151 Å². The van der Waals surface area contributed by atoms with Crippen molar-refractivity contribution < 1.29 is 27.9 Å². The molecule has 11 heteroatoms. The molecule has 0 bridgehead atoms. The molecular weight excluding hydrogens is 580 g/mol. The van der Waals surface area contributed by atoms with Crippen LogP contribution in [0.25, 0.3) is 11.1 Å². The molecular formula is C33H44N4O6S. The van der Waals surface area contributed by atoms with E-state index in [-0.39, 0.29) is 36.3 Å². The van der Waals surface area contributed by atoms with Crippen molar-refractivity contribution in [3.8, 4) is 11.1 Å². The molecule has 0 saturated heterocycles. The monoisotopic (exact) mass is 624 g/mol. The number of carbonyl (C=O) groups is 2. The van der Waals surface area contributed by atoms with Crippen molar-refractivity contribution in [1.82, 2.24) is 14.9 Å². The van der Waals surface area contributed by atoms with Gasteiger partial charge in [0.15, 0.2) is 0 Å². The number of unbranched alkanes of at least 4 members (excludes halogenated alkanes) is 1. The van der Waals surface area contributed by atoms with Crippen LogP contribution in [0.5, 0.6) is 0 Å². The number of sulfonamides is 1. The fraction of sp³-hybridized carbons (Fsp3) is 0.394. The number of aliphatic hydroxyl groups is 1. The number of rotatable bonds is 16. The number of nitrogens with one attached hydrogen (secondary N) is 2. The van der Waals surface area contributed by atoms with E-state index < -0.39 is 28.2 Å². The summed E-state index contributed by atoms with van der Waals surface area (Å²) in [4.78, 5) is 25.4. The maximum atomic E-state index is 13.5. The van der Waals surface area contributed by atoms with E-state index in [1.807, 2.05) is 68.4 Å². The molecule has 44 heavy (non-hydrogen) atoms. The Morgan fingerprint density at radius 1 is 0.955 bits per heavy atom. The number of alkyl carbamates (subject to hydrolysis) is 1. The molecule has 0 aromatic heterocycles. The van der Waals surface area contributed by atoms with Crippen LogP contribution in [0, 0.1) is 5.92 Å². The van der Waals surface area contributed by atoms with E-state index in [0.29, 0.717) is 31.5 Å². The van der Waals surface area contributed by atoms with E-state index >= 15 is 0 Å². The van der Waals surface area contributed by atoms with Crippen LogP contribution in [0.3, 0.4) is 0 Å². The smallest absolute Gasteiger partial charge is 0.407 e. The van der Waals surface area contributed by atoms with Gasteiger partial charge in [0, 0.05) is 31.2 Å². The SMILES string of the molecule is COC(=O)N[C@@H](Cc1ccccc1-c1ccccc1)C(=O)NCCCC[C@@H](CO)N(CC(C)C)S(=O)(=O)c1ccc(N)cc1. The minimum Gasteiger partial charge on any atom is -0.453 e. The lowest BCUT2D eigenvalue weighted by Crippen LogP contribution is -2.48. The number of hydrogen-bond acceptors (Lipinski definition) is 7. The fourth-order valence-corrected chi connectivity index (χ4v) is 6.78. The van der Waals surface area contributed by atoms with E-state index in [0.717, 1.165) is 16.7 Å². The van der Waals surface area contributed by atoms with Crippen LogP contribution in [-0.4, -0.2) is 68.7 Å². The standard InChI is InChI=1S/C33H44N4O6S/c1-24(2)22-37(44(41,42)29-18-16-27(34)17-19-29)28(23-38)14-9-10-20-35-32(39)31(36-33(40)43-3)21-26-13-7-8-15-30(26)25-11-5-4-6-12-25/h4-8,11-13,15-19,24,28,31,38H,9-10,14,20-23,34H2,1-3H3,(H,35,39)(H,36,40)/t28-,31-/m0/s1. The highest BCUT2D eigenvalue weighted by Crippen LogP contribution is 2.25. The van der Waals surface area contributed by atoms with Crippen molar-refractivity contribution in [3.63, 3.8) is 0 Å². The molecule has 238 valence electrons. The first-order valence-corrected chi connectivity index (χ1v) is 16.2. The molecule has 2 amide bonds. The Morgan fingerprint density at radius 3 is 2.25 bits per heavy atom. The van der Waals surface area contributed by atoms with Crippen LogP contribution in [0.1, 0.15) is 38.7 Å². The highest BCUT2D eigenvalue weighted by molar-refractivity contribution is 7.89. The predicted molar refractivity (Wildman–Crippen MR) is 172 cm³/mol. The van der Waals surface area contributed by atoms with Crippen molar-refractivity contribution in [2.45, 2.75) is 56.5 Å². The van der Waals surface area contributed by atoms with E-state index in [1.165, 1.54) is 23.5 Å². The largest absolute Gasteiger partial charge is 0.453 e. The molecule has 0 radical (unpaired) electrons. The number of carbonyl (C=O) groups excluding carboxylic acids is 2. The molecule has 3 aromatic carbocycles. The fourth-order valence-electron chi connectivity index (χ4n) is 4.97. The van der Waals surface area contributed by atoms with Gasteiger partial charge in [0.2, 0.25) is 15.9 Å². The third-order valence-corrected chi connectivity index (χ3v) is 9.17. The van der Waals surface area contributed by atoms with Crippen LogP contribution >= 0.6 is 0 Å². The molecule has 0 saturated carbocycles. The number of nitrogen functional groups attached to an aromatic ring is 1. The lowest BCUT2D eigenvalue weighted by Gasteiger charge is -2.31. The van der Waals surface area contributed by atoms with Crippen molar-refractivity contribution in [2.24, 2.45) is 5.92 Å². The molecule has 0 aliphatic rings. The number of nitrogens with two attached hydrogens (primary N) is 1. The molecule has 3 rings (SSSR count). The summed E-state index contributed by atoms with van der Waals surface area (Å²) in [7, 11) is -2.62. The summed E-state index contributed by atoms with van der Waals surface area (Å²) in [5.41, 5.74) is 9.07. The lowest BCUT2D eigenvalue weighted by atomic mass is 9.95. The van der Waals surface area contributed by atoms with Gasteiger partial charge >= 0.3 is 6.09 Å². The van der Waals surface area contributed by atoms with Gasteiger partial charge in [-0.15, -0.1) is 0 Å². The zero-order valence-electron chi connectivity index (χ0n) is 25.6. The van der Waals surface area contributed by atoms with Gasteiger partial charge in [-0.1, -0.05) is 74.9 Å². The van der Waals surface area contributed by atoms with Crippen molar-refractivity contribution in [2.75, 3.05) is 32.5 Å². The number of nitrogens with zero attached hydrogens (tertiary/aromatic N) is 1. The van der Waals surface area contributed by atoms with Gasteiger partial charge in [-0.25, -0.2) is 13.2 Å². The number of aliphatic hydroxyl groups excluding tert-OH is 1. The Bertz CT molecular complexity index is 1450. The Labute approximate surface area is 260 Å². The summed E-state index contributed by atoms with van der Waals surface area (Å²) in [6.07, 6.45) is 1.06. The number of ether oxygens (including phenoxy) is 1. The average Bonchev–Trinajstić information content (AvgIpc) is 3.02. The second kappa shape index (κ2) is 16.8. The summed E-state index contributed by atoms with van der Waals surface area (Å²) in [5, 5.41) is 15.7. The number of amides is 2. The van der Waals surface area contributed by atoms with Gasteiger partial charge in [0.05, 0.1) is 18.6 Å². The summed E-state index contributed by atoms with van der Waals surface area (Å²) in [6, 6.07) is 22.1. The third kappa shape index (κ3) is 9.80. The van der Waals surface area contributed by atoms with Crippen LogP contribution in [0.4, 0.5) is 10.5 Å². The summed E-state index contributed by atoms with van der Waals surface area (Å²) < 4.78 is 33.1. The highest BCUT2D eigenvalue weighted by Gasteiger charge is 2.31. The molecule has 3 aromatic rings. The number of anilines is 1. The molecule has 0 unspecified atom stereocenters. The Balaban J connectivity index is 1.63. The zero-order valence-corrected chi connectivity index (χ0v) is 26.4. The van der Waals surface area contributed by atoms with Gasteiger partial charge in [-0.05, 0) is 59.7 Å². The zero-order chi connectivity index (χ0) is 32.1. The van der Waals surface area contributed by atoms with Crippen molar-refractivity contribution in [1.29, 1.82) is 0 Å². The van der Waals surface area contributed by atoms with E-state index in [2.05, 4.69) is 10.6 Å². The van der Waals surface area contributed by atoms with Gasteiger partial charge in [-0.2, -0.15) is 4.31 Å². The van der Waals surface area contributed by atoms with E-state index in [1.54, 1.807) is 12.1 Å². The van der Waals surface area contributed by atoms with Crippen LogP contribution in [0.15, 0.2) is 83.8 Å². The Hall–Kier alpha value is -3.93. The first-order chi connectivity index (χ1) is 21.1. The number of benzene rings is 3. The normalized spacial score (nSPS) is 13.0. The Morgan fingerprint density at radius 2 is 1.61 bits per heavy atom. The minimum atomic E-state index is -3.86. The third-order valence-electron chi connectivity index (χ3n) is 7.23. The Kier molecular flexibility index (Phi) is 13.2. The van der Waals surface area contributed by atoms with Gasteiger partial charge < -0.3 is 26.2 Å². The van der Waals surface area contributed by atoms with Crippen molar-refractivity contribution in [3.05, 3.63) is 84.4 Å². The van der Waals surface area contributed by atoms with Gasteiger partial charge in [0.25, 0.3) is 0 Å². The number of hydrogen-bond donors (Lipinski definition) is 4. The summed E-state index contributed by atoms with van der Waals surface area (Å²) in [6.45, 7) is 4.07. The highest BCUT2D eigenvalue weighted by atomic mass is 32.2. The van der Waals surface area contributed by atoms with Gasteiger partial charge in [-0.3, -0.25) is 4.79 Å². The first kappa shape index (κ1) is 34.6.